The first-order valence-electron chi connectivity index (χ1n) is 8.66. The summed E-state index contributed by atoms with van der Waals surface area (Å²) in [6, 6.07) is 7.42. The third-order valence-corrected chi connectivity index (χ3v) is 4.60. The molecule has 5 nitrogen and oxygen atoms in total. The van der Waals surface area contributed by atoms with Gasteiger partial charge in [0.2, 0.25) is 5.60 Å². The monoisotopic (exact) mass is 372 g/mol. The van der Waals surface area contributed by atoms with Crippen LogP contribution in [0.5, 0.6) is 0 Å². The lowest BCUT2D eigenvalue weighted by Gasteiger charge is -2.34. The highest BCUT2D eigenvalue weighted by Gasteiger charge is 2.45. The predicted octanol–water partition coefficient (Wildman–Crippen LogP) is 4.21. The number of nitrogens with one attached hydrogen (secondary N) is 1. The third-order valence-electron chi connectivity index (χ3n) is 4.32. The first kappa shape index (κ1) is 19.8. The van der Waals surface area contributed by atoms with Crippen LogP contribution in [-0.4, -0.2) is 22.5 Å². The molecule has 0 heterocycles. The van der Waals surface area contributed by atoms with Crippen LogP contribution < -0.4 is 11.1 Å². The Balaban J connectivity index is 2.47. The topological polar surface area (TPSA) is 81.4 Å². The number of para-hydroxylation sites is 1. The van der Waals surface area contributed by atoms with Crippen LogP contribution in [0, 0.1) is 6.92 Å². The van der Waals surface area contributed by atoms with Gasteiger partial charge in [-0.25, -0.2) is 4.79 Å². The number of primary amides is 1. The zero-order valence-electron chi connectivity index (χ0n) is 15.1. The average molecular weight is 372 g/mol. The molecule has 1 aromatic carbocycles. The SMILES string of the molecule is CCCCC(OC(N)=O)(C(=O)Nc1ccccc1C)C1=CC(=S)CC=C1. The Bertz CT molecular complexity index is 770. The Kier molecular flexibility index (Phi) is 6.69. The van der Waals surface area contributed by atoms with Crippen molar-refractivity contribution in [3.63, 3.8) is 0 Å². The number of nitrogens with two attached hydrogens (primary N) is 1. The normalized spacial score (nSPS) is 15.8. The Labute approximate surface area is 159 Å². The van der Waals surface area contributed by atoms with E-state index >= 15 is 0 Å². The highest BCUT2D eigenvalue weighted by molar-refractivity contribution is 7.80. The Morgan fingerprint density at radius 1 is 1.35 bits per heavy atom. The second-order valence-corrected chi connectivity index (χ2v) is 6.82. The van der Waals surface area contributed by atoms with E-state index in [1.807, 2.05) is 38.1 Å². The lowest BCUT2D eigenvalue weighted by atomic mass is 9.84. The highest BCUT2D eigenvalue weighted by Crippen LogP contribution is 2.33. The van der Waals surface area contributed by atoms with Crippen LogP contribution in [0.2, 0.25) is 0 Å². The van der Waals surface area contributed by atoms with Crippen LogP contribution in [0.3, 0.4) is 0 Å². The van der Waals surface area contributed by atoms with Crippen molar-refractivity contribution in [3.8, 4) is 0 Å². The molecule has 0 spiro atoms. The molecule has 0 saturated heterocycles. The molecule has 2 amide bonds. The van der Waals surface area contributed by atoms with E-state index in [4.69, 9.17) is 22.7 Å². The third kappa shape index (κ3) is 4.58. The molecule has 6 heteroatoms. The summed E-state index contributed by atoms with van der Waals surface area (Å²) in [5, 5.41) is 2.89. The number of benzene rings is 1. The van der Waals surface area contributed by atoms with Crippen LogP contribution in [-0.2, 0) is 9.53 Å². The van der Waals surface area contributed by atoms with Crippen molar-refractivity contribution in [2.45, 2.75) is 45.1 Å². The van der Waals surface area contributed by atoms with E-state index < -0.39 is 17.6 Å². The van der Waals surface area contributed by atoms with E-state index in [2.05, 4.69) is 5.32 Å². The standard InChI is InChI=1S/C20H24N2O3S/c1-3-4-12-20(25-19(21)24,15-9-7-10-16(26)13-15)18(23)22-17-11-6-5-8-14(17)2/h5-9,11,13H,3-4,10,12H2,1-2H3,(H2,21,24)(H,22,23). The fourth-order valence-electron chi connectivity index (χ4n) is 2.91. The molecule has 1 aliphatic rings. The number of hydrogen-bond acceptors (Lipinski definition) is 4. The van der Waals surface area contributed by atoms with E-state index in [1.54, 1.807) is 18.2 Å². The Hall–Kier alpha value is -2.47. The smallest absolute Gasteiger partial charge is 0.405 e. The molecule has 0 fully saturated rings. The van der Waals surface area contributed by atoms with Gasteiger partial charge in [-0.2, -0.15) is 0 Å². The van der Waals surface area contributed by atoms with Gasteiger partial charge in [0.1, 0.15) is 0 Å². The number of carbonyl (C=O) groups is 2. The average Bonchev–Trinajstić information content (AvgIpc) is 2.60. The van der Waals surface area contributed by atoms with Crippen molar-refractivity contribution in [2.75, 3.05) is 5.32 Å². The van der Waals surface area contributed by atoms with Crippen LogP contribution in [0.15, 0.2) is 48.1 Å². The molecule has 26 heavy (non-hydrogen) atoms. The number of ether oxygens (including phenoxy) is 1. The zero-order chi connectivity index (χ0) is 19.2. The van der Waals surface area contributed by atoms with Crippen molar-refractivity contribution in [3.05, 3.63) is 53.6 Å². The molecule has 1 atom stereocenters. The summed E-state index contributed by atoms with van der Waals surface area (Å²) in [4.78, 5) is 25.6. The molecule has 0 saturated carbocycles. The van der Waals surface area contributed by atoms with E-state index in [9.17, 15) is 9.59 Å². The van der Waals surface area contributed by atoms with Gasteiger partial charge in [-0.1, -0.05) is 55.9 Å². The van der Waals surface area contributed by atoms with Gasteiger partial charge in [0.25, 0.3) is 5.91 Å². The Morgan fingerprint density at radius 3 is 2.69 bits per heavy atom. The number of hydrogen-bond donors (Lipinski definition) is 2. The lowest BCUT2D eigenvalue weighted by Crippen LogP contribution is -2.49. The number of carbonyl (C=O) groups excluding carboxylic acids is 2. The first-order chi connectivity index (χ1) is 12.4. The zero-order valence-corrected chi connectivity index (χ0v) is 15.9. The molecule has 1 aromatic rings. The number of amides is 2. The number of thiocarbonyl (C=S) groups is 1. The number of allylic oxidation sites excluding steroid dienone is 2. The summed E-state index contributed by atoms with van der Waals surface area (Å²) in [7, 11) is 0. The van der Waals surface area contributed by atoms with Crippen molar-refractivity contribution >= 4 is 34.8 Å². The maximum absolute atomic E-state index is 13.3. The number of anilines is 1. The van der Waals surface area contributed by atoms with Crippen LogP contribution >= 0.6 is 12.2 Å². The number of rotatable bonds is 7. The van der Waals surface area contributed by atoms with Crippen molar-refractivity contribution in [1.29, 1.82) is 0 Å². The molecule has 0 bridgehead atoms. The number of unbranched alkanes of at least 4 members (excludes halogenated alkanes) is 1. The molecule has 3 N–H and O–H groups in total. The minimum atomic E-state index is -1.51. The van der Waals surface area contributed by atoms with E-state index in [0.29, 0.717) is 35.4 Å². The van der Waals surface area contributed by atoms with Crippen molar-refractivity contribution in [2.24, 2.45) is 5.73 Å². The maximum atomic E-state index is 13.3. The summed E-state index contributed by atoms with van der Waals surface area (Å²) in [6.07, 6.45) is 6.85. The fourth-order valence-corrected chi connectivity index (χ4v) is 3.14. The van der Waals surface area contributed by atoms with Gasteiger partial charge < -0.3 is 15.8 Å². The van der Waals surface area contributed by atoms with E-state index in [0.717, 1.165) is 12.0 Å². The molecule has 1 unspecified atom stereocenters. The molecule has 0 radical (unpaired) electrons. The first-order valence-corrected chi connectivity index (χ1v) is 9.07. The molecule has 0 aromatic heterocycles. The maximum Gasteiger partial charge on any atom is 0.405 e. The predicted molar refractivity (Wildman–Crippen MR) is 107 cm³/mol. The van der Waals surface area contributed by atoms with Gasteiger partial charge in [0.15, 0.2) is 0 Å². The molecule has 2 rings (SSSR count). The van der Waals surface area contributed by atoms with Crippen molar-refractivity contribution in [1.82, 2.24) is 0 Å². The van der Waals surface area contributed by atoms with Crippen LogP contribution in [0.4, 0.5) is 10.5 Å². The quantitative estimate of drug-likeness (QED) is 0.702. The molecular formula is C20H24N2O3S. The summed E-state index contributed by atoms with van der Waals surface area (Å²) >= 11 is 5.28. The summed E-state index contributed by atoms with van der Waals surface area (Å²) < 4.78 is 5.45. The largest absolute Gasteiger partial charge is 0.428 e. The van der Waals surface area contributed by atoms with E-state index in [1.165, 1.54) is 0 Å². The second-order valence-electron chi connectivity index (χ2n) is 6.29. The van der Waals surface area contributed by atoms with Crippen LogP contribution in [0.25, 0.3) is 0 Å². The molecule has 0 aliphatic heterocycles. The summed E-state index contributed by atoms with van der Waals surface area (Å²) in [5.74, 6) is -0.431. The summed E-state index contributed by atoms with van der Waals surface area (Å²) in [6.45, 7) is 3.90. The summed E-state index contributed by atoms with van der Waals surface area (Å²) in [5.41, 5.74) is 5.94. The second kappa shape index (κ2) is 8.76. The minimum absolute atomic E-state index is 0.322. The molecule has 1 aliphatic carbocycles. The lowest BCUT2D eigenvalue weighted by molar-refractivity contribution is -0.131. The molecular weight excluding hydrogens is 348 g/mol. The van der Waals surface area contributed by atoms with Gasteiger partial charge in [0.05, 0.1) is 0 Å². The van der Waals surface area contributed by atoms with Gasteiger partial charge in [0, 0.05) is 29.0 Å². The van der Waals surface area contributed by atoms with Gasteiger partial charge >= 0.3 is 6.09 Å². The fraction of sp³-hybridized carbons (Fsp3) is 0.350. The Morgan fingerprint density at radius 2 is 2.08 bits per heavy atom. The highest BCUT2D eigenvalue weighted by atomic mass is 32.1. The van der Waals surface area contributed by atoms with Gasteiger partial charge in [-0.05, 0) is 31.1 Å². The van der Waals surface area contributed by atoms with Crippen LogP contribution in [0.1, 0.15) is 38.2 Å². The molecule has 138 valence electrons. The van der Waals surface area contributed by atoms with Crippen molar-refractivity contribution < 1.29 is 14.3 Å². The van der Waals surface area contributed by atoms with Gasteiger partial charge in [-0.3, -0.25) is 4.79 Å². The minimum Gasteiger partial charge on any atom is -0.428 e. The van der Waals surface area contributed by atoms with E-state index in [-0.39, 0.29) is 0 Å². The van der Waals surface area contributed by atoms with Gasteiger partial charge in [-0.15, -0.1) is 0 Å². The number of aryl methyl sites for hydroxylation is 1.